The maximum Gasteiger partial charge on any atom is 0.419 e. The highest BCUT2D eigenvalue weighted by Gasteiger charge is 2.35. The lowest BCUT2D eigenvalue weighted by Crippen LogP contribution is -2.22. The van der Waals surface area contributed by atoms with E-state index in [1.807, 2.05) is 0 Å². The fourth-order valence-corrected chi connectivity index (χ4v) is 5.07. The van der Waals surface area contributed by atoms with Crippen molar-refractivity contribution >= 4 is 38.9 Å². The van der Waals surface area contributed by atoms with Gasteiger partial charge in [-0.3, -0.25) is 9.52 Å². The molecular weight excluding hydrogens is 547 g/mol. The lowest BCUT2D eigenvalue weighted by Gasteiger charge is -2.19. The van der Waals surface area contributed by atoms with E-state index < -0.39 is 33.6 Å². The fraction of sp³-hybridized carbons (Fsp3) is 0.240. The summed E-state index contributed by atoms with van der Waals surface area (Å²) in [5, 5.41) is 5.62. The molecular formula is C25H23ClF3N3O5S. The van der Waals surface area contributed by atoms with Crippen molar-refractivity contribution in [2.45, 2.75) is 30.5 Å². The van der Waals surface area contributed by atoms with Gasteiger partial charge in [-0.15, -0.1) is 0 Å². The van der Waals surface area contributed by atoms with Crippen LogP contribution in [0.15, 0.2) is 65.6 Å². The molecule has 1 amide bonds. The van der Waals surface area contributed by atoms with Gasteiger partial charge in [0.25, 0.3) is 10.0 Å². The van der Waals surface area contributed by atoms with Crippen LogP contribution >= 0.6 is 11.6 Å². The minimum Gasteiger partial charge on any atom is -0.488 e. The lowest BCUT2D eigenvalue weighted by molar-refractivity contribution is -0.139. The van der Waals surface area contributed by atoms with E-state index in [1.165, 1.54) is 19.1 Å². The van der Waals surface area contributed by atoms with E-state index in [0.717, 1.165) is 24.3 Å². The van der Waals surface area contributed by atoms with Crippen LogP contribution in [0.3, 0.4) is 0 Å². The highest BCUT2D eigenvalue weighted by molar-refractivity contribution is 7.92. The van der Waals surface area contributed by atoms with Gasteiger partial charge in [-0.05, 0) is 67.6 Å². The number of nitrogens with one attached hydrogen (secondary N) is 3. The minimum absolute atomic E-state index is 0.0102. The summed E-state index contributed by atoms with van der Waals surface area (Å²) < 4.78 is 79.9. The van der Waals surface area contributed by atoms with E-state index in [4.69, 9.17) is 21.1 Å². The molecule has 13 heteroatoms. The minimum atomic E-state index is -4.67. The Morgan fingerprint density at radius 3 is 2.34 bits per heavy atom. The molecule has 0 bridgehead atoms. The number of hydrogen-bond acceptors (Lipinski definition) is 6. The Kier molecular flexibility index (Phi) is 8.05. The van der Waals surface area contributed by atoms with Crippen LogP contribution in [0, 0.1) is 0 Å². The molecule has 8 nitrogen and oxygen atoms in total. The summed E-state index contributed by atoms with van der Waals surface area (Å²) in [5.41, 5.74) is -0.531. The summed E-state index contributed by atoms with van der Waals surface area (Å²) in [4.78, 5) is 10.9. The zero-order valence-corrected chi connectivity index (χ0v) is 21.5. The molecule has 1 atom stereocenters. The summed E-state index contributed by atoms with van der Waals surface area (Å²) in [5.74, 6) is -0.117. The third-order valence-electron chi connectivity index (χ3n) is 5.46. The Balaban J connectivity index is 1.51. The second kappa shape index (κ2) is 11.1. The van der Waals surface area contributed by atoms with E-state index in [2.05, 4.69) is 15.4 Å². The molecule has 3 aromatic carbocycles. The number of sulfonamides is 1. The summed E-state index contributed by atoms with van der Waals surface area (Å²) in [6, 6.07) is 13.0. The van der Waals surface area contributed by atoms with Crippen LogP contribution in [0.4, 0.5) is 24.5 Å². The Labute approximate surface area is 222 Å². The number of hydrogen-bond donors (Lipinski definition) is 3. The number of ether oxygens (including phenoxy) is 2. The van der Waals surface area contributed by atoms with E-state index in [-0.39, 0.29) is 27.3 Å². The molecule has 3 N–H and O–H groups in total. The Bertz CT molecular complexity index is 1430. The van der Waals surface area contributed by atoms with Gasteiger partial charge in [0.1, 0.15) is 23.4 Å². The molecule has 38 heavy (non-hydrogen) atoms. The average molecular weight is 570 g/mol. The van der Waals surface area contributed by atoms with Crippen molar-refractivity contribution in [3.05, 3.63) is 71.2 Å². The summed E-state index contributed by atoms with van der Waals surface area (Å²) in [6.45, 7) is 2.38. The van der Waals surface area contributed by atoms with Gasteiger partial charge in [-0.25, -0.2) is 8.42 Å². The summed E-state index contributed by atoms with van der Waals surface area (Å²) in [7, 11) is -4.21. The first-order chi connectivity index (χ1) is 17.9. The molecule has 3 aromatic rings. The Morgan fingerprint density at radius 1 is 1.03 bits per heavy atom. The molecule has 0 aromatic heterocycles. The lowest BCUT2D eigenvalue weighted by atomic mass is 10.1. The van der Waals surface area contributed by atoms with Gasteiger partial charge in [-0.2, -0.15) is 13.2 Å². The quantitative estimate of drug-likeness (QED) is 0.324. The zero-order valence-electron chi connectivity index (χ0n) is 19.9. The maximum absolute atomic E-state index is 13.5. The second-order valence-corrected chi connectivity index (χ2v) is 10.5. The first-order valence-corrected chi connectivity index (χ1v) is 13.2. The van der Waals surface area contributed by atoms with E-state index >= 15 is 0 Å². The van der Waals surface area contributed by atoms with Crippen LogP contribution in [-0.2, 0) is 21.0 Å². The first-order valence-electron chi connectivity index (χ1n) is 11.4. The van der Waals surface area contributed by atoms with Crippen LogP contribution in [0.2, 0.25) is 5.02 Å². The molecule has 202 valence electrons. The number of rotatable bonds is 8. The van der Waals surface area contributed by atoms with Gasteiger partial charge in [0.05, 0.1) is 21.2 Å². The number of alkyl halides is 3. The standard InChI is InChI=1S/C25H23ClF3N3O5S/c1-15(33)31-16-2-5-18(6-3-16)36-23-9-7-20(13-22(23)26)38(34,35)32-17-4-8-21(25(27,28)29)24(12-17)37-19-10-11-30-14-19/h2-9,12-13,19,30,32H,10-11,14H2,1H3,(H,31,33)/t19-/m1/s1. The van der Waals surface area contributed by atoms with Crippen molar-refractivity contribution in [1.29, 1.82) is 0 Å². The number of carbonyl (C=O) groups excluding carboxylic acids is 1. The van der Waals surface area contributed by atoms with E-state index in [9.17, 15) is 26.4 Å². The van der Waals surface area contributed by atoms with Gasteiger partial charge in [-0.1, -0.05) is 11.6 Å². The molecule has 1 aliphatic rings. The highest BCUT2D eigenvalue weighted by atomic mass is 35.5. The Morgan fingerprint density at radius 2 is 1.74 bits per heavy atom. The molecule has 0 saturated carbocycles. The zero-order chi connectivity index (χ0) is 27.5. The first kappa shape index (κ1) is 27.6. The maximum atomic E-state index is 13.5. The van der Waals surface area contributed by atoms with Crippen LogP contribution in [0.5, 0.6) is 17.2 Å². The summed E-state index contributed by atoms with van der Waals surface area (Å²) >= 11 is 6.25. The topological polar surface area (TPSA) is 106 Å². The fourth-order valence-electron chi connectivity index (χ4n) is 3.71. The Hall–Kier alpha value is -3.48. The predicted molar refractivity (Wildman–Crippen MR) is 136 cm³/mol. The highest BCUT2D eigenvalue weighted by Crippen LogP contribution is 2.39. The van der Waals surface area contributed by atoms with Crippen molar-refractivity contribution < 1.29 is 35.9 Å². The van der Waals surface area contributed by atoms with Gasteiger partial charge >= 0.3 is 6.18 Å². The van der Waals surface area contributed by atoms with Crippen molar-refractivity contribution in [3.8, 4) is 17.2 Å². The molecule has 1 fully saturated rings. The molecule has 1 heterocycles. The third-order valence-corrected chi connectivity index (χ3v) is 7.14. The van der Waals surface area contributed by atoms with Gasteiger partial charge < -0.3 is 20.1 Å². The molecule has 4 rings (SSSR count). The molecule has 1 saturated heterocycles. The van der Waals surface area contributed by atoms with E-state index in [1.54, 1.807) is 24.3 Å². The largest absolute Gasteiger partial charge is 0.488 e. The number of amides is 1. The smallest absolute Gasteiger partial charge is 0.419 e. The SMILES string of the molecule is CC(=O)Nc1ccc(Oc2ccc(S(=O)(=O)Nc3ccc(C(F)(F)F)c(O[C@@H]4CCNC4)c3)cc2Cl)cc1. The van der Waals surface area contributed by atoms with E-state index in [0.29, 0.717) is 30.9 Å². The monoisotopic (exact) mass is 569 g/mol. The van der Waals surface area contributed by atoms with Crippen LogP contribution in [-0.4, -0.2) is 33.5 Å². The van der Waals surface area contributed by atoms with Crippen LogP contribution in [0.25, 0.3) is 0 Å². The molecule has 0 spiro atoms. The molecule has 0 radical (unpaired) electrons. The van der Waals surface area contributed by atoms with Crippen molar-refractivity contribution in [3.63, 3.8) is 0 Å². The van der Waals surface area contributed by atoms with Gasteiger partial charge in [0.15, 0.2) is 0 Å². The number of anilines is 2. The second-order valence-electron chi connectivity index (χ2n) is 8.45. The normalized spacial score (nSPS) is 15.7. The molecule has 0 unspecified atom stereocenters. The summed E-state index contributed by atoms with van der Waals surface area (Å²) in [6.07, 6.45) is -4.61. The van der Waals surface area contributed by atoms with Crippen molar-refractivity contribution in [2.75, 3.05) is 23.1 Å². The number of carbonyl (C=O) groups is 1. The molecule has 1 aliphatic heterocycles. The van der Waals surface area contributed by atoms with Crippen molar-refractivity contribution in [2.24, 2.45) is 0 Å². The number of halogens is 4. The van der Waals surface area contributed by atoms with Gasteiger partial charge in [0.2, 0.25) is 5.91 Å². The van der Waals surface area contributed by atoms with Gasteiger partial charge in [0, 0.05) is 25.2 Å². The molecule has 0 aliphatic carbocycles. The number of benzene rings is 3. The predicted octanol–water partition coefficient (Wildman–Crippen LogP) is 5.65. The van der Waals surface area contributed by atoms with Crippen LogP contribution < -0.4 is 24.8 Å². The van der Waals surface area contributed by atoms with Crippen molar-refractivity contribution in [1.82, 2.24) is 5.32 Å². The third kappa shape index (κ3) is 6.88. The average Bonchev–Trinajstić information content (AvgIpc) is 3.33. The van der Waals surface area contributed by atoms with Crippen LogP contribution in [0.1, 0.15) is 18.9 Å².